The molecule has 16 heavy (non-hydrogen) atoms. The average Bonchev–Trinajstić information content (AvgIpc) is 2.35. The number of hydrogen-bond acceptors (Lipinski definition) is 2. The van der Waals surface area contributed by atoms with Crippen molar-refractivity contribution >= 4 is 5.84 Å². The van der Waals surface area contributed by atoms with Gasteiger partial charge in [0, 0.05) is 6.04 Å². The summed E-state index contributed by atoms with van der Waals surface area (Å²) in [7, 11) is 0. The zero-order chi connectivity index (χ0) is 13.0. The summed E-state index contributed by atoms with van der Waals surface area (Å²) < 4.78 is 0. The summed E-state index contributed by atoms with van der Waals surface area (Å²) in [5.41, 5.74) is 1.12. The van der Waals surface area contributed by atoms with E-state index in [9.17, 15) is 0 Å². The summed E-state index contributed by atoms with van der Waals surface area (Å²) >= 11 is 0. The third-order valence-corrected chi connectivity index (χ3v) is 1.93. The minimum Gasteiger partial charge on any atom is -0.347 e. The van der Waals surface area contributed by atoms with E-state index in [1.54, 1.807) is 0 Å². The molecule has 2 nitrogen and oxygen atoms in total. The van der Waals surface area contributed by atoms with Crippen molar-refractivity contribution in [1.29, 1.82) is 0 Å². The Morgan fingerprint density at radius 2 is 1.88 bits per heavy atom. The summed E-state index contributed by atoms with van der Waals surface area (Å²) in [5, 5.41) is 3.12. The lowest BCUT2D eigenvalue weighted by Gasteiger charge is -2.18. The van der Waals surface area contributed by atoms with Crippen LogP contribution < -0.4 is 5.32 Å². The molecule has 0 spiro atoms. The number of hydrogen-bond donors (Lipinski definition) is 1. The van der Waals surface area contributed by atoms with Gasteiger partial charge in [-0.3, -0.25) is 4.99 Å². The van der Waals surface area contributed by atoms with Gasteiger partial charge >= 0.3 is 0 Å². The minimum absolute atomic E-state index is 0.434. The van der Waals surface area contributed by atoms with Gasteiger partial charge in [-0.1, -0.05) is 40.3 Å². The molecule has 1 rings (SSSR count). The van der Waals surface area contributed by atoms with Gasteiger partial charge in [-0.15, -0.1) is 0 Å². The molecule has 0 bridgehead atoms. The Kier molecular flexibility index (Phi) is 13.0. The van der Waals surface area contributed by atoms with Crippen LogP contribution in [0.5, 0.6) is 0 Å². The lowest BCUT2D eigenvalue weighted by atomic mass is 10.0. The number of nitrogens with one attached hydrogen (secondary N) is 1. The Balaban J connectivity index is 0. The van der Waals surface area contributed by atoms with Crippen molar-refractivity contribution in [2.45, 2.75) is 60.4 Å². The molecule has 94 valence electrons. The summed E-state index contributed by atoms with van der Waals surface area (Å²) in [6, 6.07) is 0.434. The van der Waals surface area contributed by atoms with E-state index in [0.29, 0.717) is 6.04 Å². The van der Waals surface area contributed by atoms with Gasteiger partial charge in [0.15, 0.2) is 0 Å². The lowest BCUT2D eigenvalue weighted by molar-refractivity contribution is 0.648. The Hall–Kier alpha value is -1.05. The summed E-state index contributed by atoms with van der Waals surface area (Å²) in [5.74, 6) is 0.951. The summed E-state index contributed by atoms with van der Waals surface area (Å²) in [6.07, 6.45) is 6.03. The zero-order valence-corrected chi connectivity index (χ0v) is 11.8. The molecule has 1 atom stereocenters. The van der Waals surface area contributed by atoms with Gasteiger partial charge in [0.05, 0.1) is 0 Å². The Bertz CT molecular complexity index is 227. The minimum atomic E-state index is 0.434. The van der Waals surface area contributed by atoms with Gasteiger partial charge < -0.3 is 5.32 Å². The SMILES string of the molecule is C=C1CCC(C)N=C1N/C=C\C.CC.CC. The first kappa shape index (κ1) is 17.3. The molecule has 0 aromatic carbocycles. The van der Waals surface area contributed by atoms with Crippen molar-refractivity contribution in [3.05, 3.63) is 24.4 Å². The Morgan fingerprint density at radius 3 is 2.38 bits per heavy atom. The summed E-state index contributed by atoms with van der Waals surface area (Å²) in [4.78, 5) is 4.46. The molecule has 0 saturated carbocycles. The molecule has 0 amide bonds. The molecule has 2 heteroatoms. The molecular formula is C14H28N2. The van der Waals surface area contributed by atoms with Crippen LogP contribution in [-0.4, -0.2) is 11.9 Å². The predicted molar refractivity (Wildman–Crippen MR) is 75.9 cm³/mol. The van der Waals surface area contributed by atoms with Crippen molar-refractivity contribution in [1.82, 2.24) is 5.32 Å². The molecule has 1 aliphatic rings. The molecular weight excluding hydrogens is 196 g/mol. The quantitative estimate of drug-likeness (QED) is 0.705. The number of nitrogens with zero attached hydrogens (tertiary/aromatic N) is 1. The smallest absolute Gasteiger partial charge is 0.127 e. The fourth-order valence-corrected chi connectivity index (χ4v) is 1.18. The van der Waals surface area contributed by atoms with E-state index in [1.807, 2.05) is 46.9 Å². The van der Waals surface area contributed by atoms with Crippen molar-refractivity contribution in [3.63, 3.8) is 0 Å². The molecule has 1 aliphatic heterocycles. The van der Waals surface area contributed by atoms with Gasteiger partial charge in [0.1, 0.15) is 5.84 Å². The fraction of sp³-hybridized carbons (Fsp3) is 0.643. The van der Waals surface area contributed by atoms with E-state index in [1.165, 1.54) is 0 Å². The fourth-order valence-electron chi connectivity index (χ4n) is 1.18. The lowest BCUT2D eigenvalue weighted by Crippen LogP contribution is -2.25. The second-order valence-electron chi connectivity index (χ2n) is 3.11. The normalized spacial score (nSPS) is 19.0. The van der Waals surface area contributed by atoms with E-state index < -0.39 is 0 Å². The molecule has 0 saturated heterocycles. The van der Waals surface area contributed by atoms with Gasteiger partial charge in [-0.25, -0.2) is 0 Å². The van der Waals surface area contributed by atoms with E-state index in [4.69, 9.17) is 0 Å². The molecule has 1 N–H and O–H groups in total. The third-order valence-electron chi connectivity index (χ3n) is 1.93. The highest BCUT2D eigenvalue weighted by molar-refractivity contribution is 5.98. The van der Waals surface area contributed by atoms with Crippen LogP contribution in [0.4, 0.5) is 0 Å². The van der Waals surface area contributed by atoms with Crippen LogP contribution in [0.3, 0.4) is 0 Å². The molecule has 1 unspecified atom stereocenters. The van der Waals surface area contributed by atoms with E-state index in [2.05, 4.69) is 23.8 Å². The van der Waals surface area contributed by atoms with E-state index in [-0.39, 0.29) is 0 Å². The molecule has 0 aromatic heterocycles. The van der Waals surface area contributed by atoms with Crippen LogP contribution in [0.2, 0.25) is 0 Å². The highest BCUT2D eigenvalue weighted by Crippen LogP contribution is 2.15. The highest BCUT2D eigenvalue weighted by atomic mass is 15.0. The molecule has 0 aliphatic carbocycles. The largest absolute Gasteiger partial charge is 0.347 e. The summed E-state index contributed by atoms with van der Waals surface area (Å²) in [6.45, 7) is 16.1. The van der Waals surface area contributed by atoms with Crippen LogP contribution in [0.15, 0.2) is 29.4 Å². The van der Waals surface area contributed by atoms with Crippen molar-refractivity contribution in [3.8, 4) is 0 Å². The van der Waals surface area contributed by atoms with Crippen molar-refractivity contribution in [2.24, 2.45) is 4.99 Å². The van der Waals surface area contributed by atoms with Crippen molar-refractivity contribution in [2.75, 3.05) is 0 Å². The molecule has 0 radical (unpaired) electrons. The van der Waals surface area contributed by atoms with Crippen LogP contribution >= 0.6 is 0 Å². The van der Waals surface area contributed by atoms with Gasteiger partial charge in [-0.05, 0) is 38.5 Å². The maximum absolute atomic E-state index is 4.46. The van der Waals surface area contributed by atoms with Gasteiger partial charge in [0.25, 0.3) is 0 Å². The van der Waals surface area contributed by atoms with Crippen LogP contribution in [0.25, 0.3) is 0 Å². The first-order valence-electron chi connectivity index (χ1n) is 6.37. The first-order chi connectivity index (χ1) is 7.74. The monoisotopic (exact) mass is 224 g/mol. The second-order valence-corrected chi connectivity index (χ2v) is 3.11. The van der Waals surface area contributed by atoms with E-state index in [0.717, 1.165) is 24.3 Å². The number of aliphatic imine (C=N–C) groups is 1. The zero-order valence-electron chi connectivity index (χ0n) is 11.8. The van der Waals surface area contributed by atoms with Crippen molar-refractivity contribution < 1.29 is 0 Å². The van der Waals surface area contributed by atoms with Crippen LogP contribution in [0, 0.1) is 0 Å². The third kappa shape index (κ3) is 7.27. The topological polar surface area (TPSA) is 24.4 Å². The standard InChI is InChI=1S/C10H16N2.2C2H6/c1-4-7-11-10-8(2)5-6-9(3)12-10;2*1-2/h4,7,9H,2,5-6H2,1,3H3,(H,11,12);2*1-2H3/b7-4-;;. The number of rotatable bonds is 1. The average molecular weight is 224 g/mol. The van der Waals surface area contributed by atoms with Crippen LogP contribution in [0.1, 0.15) is 54.4 Å². The first-order valence-corrected chi connectivity index (χ1v) is 6.37. The molecule has 0 fully saturated rings. The number of allylic oxidation sites excluding steroid dienone is 1. The highest BCUT2D eigenvalue weighted by Gasteiger charge is 2.12. The van der Waals surface area contributed by atoms with Gasteiger partial charge in [0.2, 0.25) is 0 Å². The Morgan fingerprint density at radius 1 is 1.31 bits per heavy atom. The predicted octanol–water partition coefficient (Wildman–Crippen LogP) is 4.30. The number of amidine groups is 1. The van der Waals surface area contributed by atoms with E-state index >= 15 is 0 Å². The second kappa shape index (κ2) is 12.0. The molecule has 1 heterocycles. The van der Waals surface area contributed by atoms with Crippen LogP contribution in [-0.2, 0) is 0 Å². The Labute approximate surface area is 102 Å². The van der Waals surface area contributed by atoms with Gasteiger partial charge in [-0.2, -0.15) is 0 Å². The maximum Gasteiger partial charge on any atom is 0.127 e. The molecule has 0 aromatic rings. The maximum atomic E-state index is 4.46.